The van der Waals surface area contributed by atoms with Gasteiger partial charge in [0.2, 0.25) is 10.0 Å². The largest absolute Gasteiger partial charge is 0.497 e. The van der Waals surface area contributed by atoms with Crippen LogP contribution in [0.5, 0.6) is 11.5 Å². The number of rotatable bonds is 10. The second-order valence-corrected chi connectivity index (χ2v) is 7.75. The highest BCUT2D eigenvalue weighted by Gasteiger charge is 2.19. The molecule has 3 rings (SSSR count). The molecule has 0 aliphatic heterocycles. The van der Waals surface area contributed by atoms with Crippen LogP contribution < -0.4 is 24.8 Å². The minimum absolute atomic E-state index is 0.0384. The molecule has 0 spiro atoms. The first-order valence-electron chi connectivity index (χ1n) is 8.98. The van der Waals surface area contributed by atoms with Crippen molar-refractivity contribution in [3.05, 3.63) is 54.9 Å². The van der Waals surface area contributed by atoms with Crippen molar-refractivity contribution in [3.63, 3.8) is 0 Å². The SMILES string of the molecule is COc1ccc(S(=O)(=O)NCCNc2ccc(Nc3cccnc3)nn2)c(OC)c1. The summed E-state index contributed by atoms with van der Waals surface area (Å²) >= 11 is 0. The lowest BCUT2D eigenvalue weighted by Gasteiger charge is -2.12. The zero-order valence-corrected chi connectivity index (χ0v) is 17.3. The smallest absolute Gasteiger partial charge is 0.244 e. The van der Waals surface area contributed by atoms with Gasteiger partial charge in [-0.15, -0.1) is 10.2 Å². The minimum Gasteiger partial charge on any atom is -0.497 e. The quantitative estimate of drug-likeness (QED) is 0.414. The monoisotopic (exact) mass is 430 g/mol. The maximum Gasteiger partial charge on any atom is 0.244 e. The average Bonchev–Trinajstić information content (AvgIpc) is 2.78. The molecule has 2 heterocycles. The number of nitrogens with zero attached hydrogens (tertiary/aromatic N) is 3. The molecule has 0 unspecified atom stereocenters. The Morgan fingerprint density at radius 1 is 0.967 bits per heavy atom. The molecule has 1 aromatic carbocycles. The highest BCUT2D eigenvalue weighted by Crippen LogP contribution is 2.28. The Hall–Kier alpha value is -3.44. The highest BCUT2D eigenvalue weighted by atomic mass is 32.2. The van der Waals surface area contributed by atoms with Crippen LogP contribution in [0.4, 0.5) is 17.3 Å². The molecule has 0 atom stereocenters. The molecular weight excluding hydrogens is 408 g/mol. The van der Waals surface area contributed by atoms with E-state index in [9.17, 15) is 8.42 Å². The molecule has 3 aromatic rings. The van der Waals surface area contributed by atoms with E-state index in [1.807, 2.05) is 12.1 Å². The molecule has 0 fully saturated rings. The summed E-state index contributed by atoms with van der Waals surface area (Å²) in [6.45, 7) is 0.469. The van der Waals surface area contributed by atoms with Crippen molar-refractivity contribution in [1.29, 1.82) is 0 Å². The molecule has 11 heteroatoms. The Morgan fingerprint density at radius 3 is 2.43 bits per heavy atom. The van der Waals surface area contributed by atoms with E-state index >= 15 is 0 Å². The maximum atomic E-state index is 12.5. The van der Waals surface area contributed by atoms with Gasteiger partial charge in [0.1, 0.15) is 22.2 Å². The van der Waals surface area contributed by atoms with Gasteiger partial charge in [0, 0.05) is 25.4 Å². The lowest BCUT2D eigenvalue weighted by atomic mass is 10.3. The van der Waals surface area contributed by atoms with Crippen molar-refractivity contribution in [3.8, 4) is 11.5 Å². The highest BCUT2D eigenvalue weighted by molar-refractivity contribution is 7.89. The Morgan fingerprint density at radius 2 is 1.77 bits per heavy atom. The van der Waals surface area contributed by atoms with Crippen molar-refractivity contribution in [2.24, 2.45) is 0 Å². The summed E-state index contributed by atoms with van der Waals surface area (Å²) in [4.78, 5) is 4.05. The van der Waals surface area contributed by atoms with Crippen LogP contribution in [-0.2, 0) is 10.0 Å². The van der Waals surface area contributed by atoms with Gasteiger partial charge in [-0.25, -0.2) is 13.1 Å². The fourth-order valence-electron chi connectivity index (χ4n) is 2.53. The van der Waals surface area contributed by atoms with E-state index in [0.29, 0.717) is 23.9 Å². The fraction of sp³-hybridized carbons (Fsp3) is 0.211. The normalized spacial score (nSPS) is 11.0. The van der Waals surface area contributed by atoms with Crippen LogP contribution in [0.3, 0.4) is 0 Å². The first-order valence-corrected chi connectivity index (χ1v) is 10.5. The standard InChI is InChI=1S/C19H22N6O4S/c1-28-15-5-6-17(16(12-15)29-2)30(26,27)22-11-10-21-18-7-8-19(25-24-18)23-14-4-3-9-20-13-14/h3-9,12-13,22H,10-11H2,1-2H3,(H,21,24)(H,23,25). The van der Waals surface area contributed by atoms with E-state index in [1.165, 1.54) is 26.4 Å². The molecule has 3 N–H and O–H groups in total. The van der Waals surface area contributed by atoms with Gasteiger partial charge >= 0.3 is 0 Å². The Labute approximate surface area is 174 Å². The predicted molar refractivity (Wildman–Crippen MR) is 113 cm³/mol. The van der Waals surface area contributed by atoms with Gasteiger partial charge < -0.3 is 20.1 Å². The zero-order chi connectivity index (χ0) is 21.4. The number of aromatic nitrogens is 3. The first-order chi connectivity index (χ1) is 14.5. The number of sulfonamides is 1. The van der Waals surface area contributed by atoms with Crippen LogP contribution in [0.25, 0.3) is 0 Å². The van der Waals surface area contributed by atoms with Gasteiger partial charge in [0.25, 0.3) is 0 Å². The molecule has 2 aromatic heterocycles. The number of nitrogens with one attached hydrogen (secondary N) is 3. The number of ether oxygens (including phenoxy) is 2. The zero-order valence-electron chi connectivity index (χ0n) is 16.5. The summed E-state index contributed by atoms with van der Waals surface area (Å²) in [6, 6.07) is 11.7. The van der Waals surface area contributed by atoms with Gasteiger partial charge in [0.15, 0.2) is 5.82 Å². The van der Waals surface area contributed by atoms with Crippen LogP contribution in [0.1, 0.15) is 0 Å². The van der Waals surface area contributed by atoms with Crippen molar-refractivity contribution in [2.75, 3.05) is 37.9 Å². The summed E-state index contributed by atoms with van der Waals surface area (Å²) in [5, 5.41) is 14.2. The molecule has 0 bridgehead atoms. The molecule has 10 nitrogen and oxygen atoms in total. The summed E-state index contributed by atoms with van der Waals surface area (Å²) in [5.74, 6) is 1.80. The second-order valence-electron chi connectivity index (χ2n) is 6.01. The van der Waals surface area contributed by atoms with Gasteiger partial charge in [-0.05, 0) is 36.4 Å². The van der Waals surface area contributed by atoms with E-state index in [4.69, 9.17) is 9.47 Å². The number of benzene rings is 1. The second kappa shape index (κ2) is 9.85. The summed E-state index contributed by atoms with van der Waals surface area (Å²) < 4.78 is 37.9. The van der Waals surface area contributed by atoms with Crippen LogP contribution >= 0.6 is 0 Å². The average molecular weight is 430 g/mol. The van der Waals surface area contributed by atoms with Crippen LogP contribution in [0.2, 0.25) is 0 Å². The number of hydrogen-bond donors (Lipinski definition) is 3. The minimum atomic E-state index is -3.75. The maximum absolute atomic E-state index is 12.5. The summed E-state index contributed by atoms with van der Waals surface area (Å²) in [5.41, 5.74) is 0.802. The van der Waals surface area contributed by atoms with E-state index in [2.05, 4.69) is 30.5 Å². The Bertz CT molecular complexity index is 1060. The molecule has 158 valence electrons. The third kappa shape index (κ3) is 5.55. The van der Waals surface area contributed by atoms with Crippen molar-refractivity contribution in [2.45, 2.75) is 4.90 Å². The number of pyridine rings is 1. The molecule has 0 aliphatic carbocycles. The van der Waals surface area contributed by atoms with Crippen molar-refractivity contribution in [1.82, 2.24) is 19.9 Å². The fourth-order valence-corrected chi connectivity index (χ4v) is 3.71. The number of hydrogen-bond acceptors (Lipinski definition) is 9. The molecule has 0 amide bonds. The lowest BCUT2D eigenvalue weighted by molar-refractivity contribution is 0.386. The summed E-state index contributed by atoms with van der Waals surface area (Å²) in [6.07, 6.45) is 3.36. The molecule has 0 saturated heterocycles. The molecule has 0 radical (unpaired) electrons. The van der Waals surface area contributed by atoms with Gasteiger partial charge in [-0.1, -0.05) is 0 Å². The predicted octanol–water partition coefficient (Wildman–Crippen LogP) is 2.02. The van der Waals surface area contributed by atoms with Crippen LogP contribution in [0.15, 0.2) is 59.8 Å². The Balaban J connectivity index is 1.52. The molecule has 0 saturated carbocycles. The van der Waals surface area contributed by atoms with Crippen LogP contribution in [-0.4, -0.2) is 50.9 Å². The first kappa shape index (κ1) is 21.3. The third-order valence-electron chi connectivity index (χ3n) is 3.98. The van der Waals surface area contributed by atoms with Crippen molar-refractivity contribution >= 4 is 27.3 Å². The van der Waals surface area contributed by atoms with Gasteiger partial charge in [-0.2, -0.15) is 0 Å². The lowest BCUT2D eigenvalue weighted by Crippen LogP contribution is -2.29. The third-order valence-corrected chi connectivity index (χ3v) is 5.48. The van der Waals surface area contributed by atoms with Gasteiger partial charge in [0.05, 0.1) is 26.1 Å². The molecule has 30 heavy (non-hydrogen) atoms. The van der Waals surface area contributed by atoms with E-state index in [0.717, 1.165) is 5.69 Å². The topological polar surface area (TPSA) is 127 Å². The molecule has 0 aliphatic rings. The van der Waals surface area contributed by atoms with E-state index in [1.54, 1.807) is 30.6 Å². The van der Waals surface area contributed by atoms with Gasteiger partial charge in [-0.3, -0.25) is 4.98 Å². The van der Waals surface area contributed by atoms with Crippen LogP contribution in [0, 0.1) is 0 Å². The Kier molecular flexibility index (Phi) is 6.99. The summed E-state index contributed by atoms with van der Waals surface area (Å²) in [7, 11) is -0.845. The number of anilines is 3. The van der Waals surface area contributed by atoms with E-state index in [-0.39, 0.29) is 17.2 Å². The van der Waals surface area contributed by atoms with Crippen molar-refractivity contribution < 1.29 is 17.9 Å². The van der Waals surface area contributed by atoms with E-state index < -0.39 is 10.0 Å². The number of methoxy groups -OCH3 is 2. The molecular formula is C19H22N6O4S.